The molecule has 1 N–H and O–H groups in total. The molecule has 17 heavy (non-hydrogen) atoms. The largest absolute Gasteiger partial charge is 0.381 e. The van der Waals surface area contributed by atoms with Gasteiger partial charge in [-0.05, 0) is 24.0 Å². The van der Waals surface area contributed by atoms with E-state index in [1.54, 1.807) is 7.11 Å². The lowest BCUT2D eigenvalue weighted by Crippen LogP contribution is -2.34. The second kappa shape index (κ2) is 6.74. The van der Waals surface area contributed by atoms with E-state index in [-0.39, 0.29) is 0 Å². The average Bonchev–Trinajstić information content (AvgIpc) is 2.40. The summed E-state index contributed by atoms with van der Waals surface area (Å²) in [6.07, 6.45) is 2.25. The molecular formula is C14H21NO2. The normalized spacial score (nSPS) is 17.2. The van der Waals surface area contributed by atoms with Gasteiger partial charge in [-0.3, -0.25) is 0 Å². The molecule has 0 saturated carbocycles. The molecule has 1 aliphatic heterocycles. The highest BCUT2D eigenvalue weighted by molar-refractivity contribution is 5.21. The minimum absolute atomic E-state index is 0.613. The van der Waals surface area contributed by atoms with E-state index in [0.29, 0.717) is 12.6 Å². The Morgan fingerprint density at radius 3 is 2.47 bits per heavy atom. The van der Waals surface area contributed by atoms with Crippen LogP contribution in [0.3, 0.4) is 0 Å². The van der Waals surface area contributed by atoms with Gasteiger partial charge in [-0.15, -0.1) is 0 Å². The number of ether oxygens (including phenoxy) is 2. The van der Waals surface area contributed by atoms with Crippen molar-refractivity contribution < 1.29 is 9.47 Å². The fourth-order valence-corrected chi connectivity index (χ4v) is 2.08. The van der Waals surface area contributed by atoms with Gasteiger partial charge >= 0.3 is 0 Å². The van der Waals surface area contributed by atoms with E-state index in [0.717, 1.165) is 32.6 Å². The van der Waals surface area contributed by atoms with Crippen molar-refractivity contribution in [3.63, 3.8) is 0 Å². The molecule has 0 atom stereocenters. The van der Waals surface area contributed by atoms with Gasteiger partial charge in [0.05, 0.1) is 6.61 Å². The van der Waals surface area contributed by atoms with Crippen molar-refractivity contribution in [3.8, 4) is 0 Å². The van der Waals surface area contributed by atoms with Crippen LogP contribution in [0.2, 0.25) is 0 Å². The minimum atomic E-state index is 0.613. The molecule has 2 rings (SSSR count). The molecule has 1 heterocycles. The Morgan fingerprint density at radius 2 is 1.82 bits per heavy atom. The van der Waals surface area contributed by atoms with Crippen LogP contribution in [0, 0.1) is 0 Å². The summed E-state index contributed by atoms with van der Waals surface area (Å²) in [6.45, 7) is 3.42. The molecule has 0 amide bonds. The maximum atomic E-state index is 5.34. The summed E-state index contributed by atoms with van der Waals surface area (Å²) in [7, 11) is 1.72. The molecule has 3 heteroatoms. The van der Waals surface area contributed by atoms with E-state index < -0.39 is 0 Å². The van der Waals surface area contributed by atoms with Crippen molar-refractivity contribution >= 4 is 0 Å². The van der Waals surface area contributed by atoms with Crippen LogP contribution in [0.5, 0.6) is 0 Å². The zero-order valence-electron chi connectivity index (χ0n) is 10.4. The maximum Gasteiger partial charge on any atom is 0.0713 e. The van der Waals surface area contributed by atoms with Crippen LogP contribution in [0.1, 0.15) is 24.0 Å². The van der Waals surface area contributed by atoms with Gasteiger partial charge < -0.3 is 14.8 Å². The van der Waals surface area contributed by atoms with Crippen molar-refractivity contribution in [1.82, 2.24) is 5.32 Å². The standard InChI is InChI=1S/C14H21NO2/c1-16-11-13-4-2-12(3-5-13)10-15-14-6-8-17-9-7-14/h2-5,14-15H,6-11H2,1H3. The Kier molecular flexibility index (Phi) is 4.98. The predicted molar refractivity (Wildman–Crippen MR) is 67.8 cm³/mol. The van der Waals surface area contributed by atoms with Crippen molar-refractivity contribution in [3.05, 3.63) is 35.4 Å². The lowest BCUT2D eigenvalue weighted by molar-refractivity contribution is 0.0776. The van der Waals surface area contributed by atoms with Gasteiger partial charge in [0.1, 0.15) is 0 Å². The number of rotatable bonds is 5. The molecule has 1 saturated heterocycles. The molecule has 1 aromatic carbocycles. The quantitative estimate of drug-likeness (QED) is 0.848. The lowest BCUT2D eigenvalue weighted by atomic mass is 10.1. The van der Waals surface area contributed by atoms with Gasteiger partial charge in [0.25, 0.3) is 0 Å². The van der Waals surface area contributed by atoms with E-state index in [1.807, 2.05) is 0 Å². The minimum Gasteiger partial charge on any atom is -0.381 e. The third-order valence-corrected chi connectivity index (χ3v) is 3.15. The monoisotopic (exact) mass is 235 g/mol. The third-order valence-electron chi connectivity index (χ3n) is 3.15. The summed E-state index contributed by atoms with van der Waals surface area (Å²) in [6, 6.07) is 9.21. The Hall–Kier alpha value is -0.900. The molecular weight excluding hydrogens is 214 g/mol. The first-order valence-electron chi connectivity index (χ1n) is 6.26. The van der Waals surface area contributed by atoms with E-state index in [2.05, 4.69) is 29.6 Å². The average molecular weight is 235 g/mol. The van der Waals surface area contributed by atoms with Crippen LogP contribution in [0.25, 0.3) is 0 Å². The first-order valence-corrected chi connectivity index (χ1v) is 6.26. The highest BCUT2D eigenvalue weighted by atomic mass is 16.5. The molecule has 94 valence electrons. The highest BCUT2D eigenvalue weighted by Gasteiger charge is 2.12. The van der Waals surface area contributed by atoms with E-state index in [9.17, 15) is 0 Å². The highest BCUT2D eigenvalue weighted by Crippen LogP contribution is 2.09. The Morgan fingerprint density at radius 1 is 1.18 bits per heavy atom. The van der Waals surface area contributed by atoms with Gasteiger partial charge in [-0.1, -0.05) is 24.3 Å². The van der Waals surface area contributed by atoms with Gasteiger partial charge in [0.2, 0.25) is 0 Å². The van der Waals surface area contributed by atoms with Crippen LogP contribution < -0.4 is 5.32 Å². The van der Waals surface area contributed by atoms with Crippen molar-refractivity contribution in [2.24, 2.45) is 0 Å². The van der Waals surface area contributed by atoms with Crippen molar-refractivity contribution in [2.75, 3.05) is 20.3 Å². The lowest BCUT2D eigenvalue weighted by Gasteiger charge is -2.23. The molecule has 0 aromatic heterocycles. The zero-order chi connectivity index (χ0) is 11.9. The number of methoxy groups -OCH3 is 1. The van der Waals surface area contributed by atoms with Gasteiger partial charge in [0.15, 0.2) is 0 Å². The number of hydrogen-bond donors (Lipinski definition) is 1. The third kappa shape index (κ3) is 4.11. The summed E-state index contributed by atoms with van der Waals surface area (Å²) in [5.41, 5.74) is 2.55. The van der Waals surface area contributed by atoms with Crippen LogP contribution in [0.4, 0.5) is 0 Å². The molecule has 0 aliphatic carbocycles. The van der Waals surface area contributed by atoms with Crippen molar-refractivity contribution in [2.45, 2.75) is 32.0 Å². The first kappa shape index (κ1) is 12.6. The SMILES string of the molecule is COCc1ccc(CNC2CCOCC2)cc1. The molecule has 0 bridgehead atoms. The van der Waals surface area contributed by atoms with Crippen LogP contribution in [-0.2, 0) is 22.6 Å². The summed E-state index contributed by atoms with van der Waals surface area (Å²) >= 11 is 0. The summed E-state index contributed by atoms with van der Waals surface area (Å²) < 4.78 is 10.4. The maximum absolute atomic E-state index is 5.34. The molecule has 0 spiro atoms. The Labute approximate surface area is 103 Å². The molecule has 1 aliphatic rings. The van der Waals surface area contributed by atoms with Crippen LogP contribution >= 0.6 is 0 Å². The van der Waals surface area contributed by atoms with Crippen molar-refractivity contribution in [1.29, 1.82) is 0 Å². The first-order chi connectivity index (χ1) is 8.38. The summed E-state index contributed by atoms with van der Waals surface area (Å²) in [5, 5.41) is 3.58. The van der Waals surface area contributed by atoms with E-state index in [4.69, 9.17) is 9.47 Å². The Balaban J connectivity index is 1.77. The van der Waals surface area contributed by atoms with Crippen LogP contribution in [-0.4, -0.2) is 26.4 Å². The van der Waals surface area contributed by atoms with Gasteiger partial charge in [0, 0.05) is 32.9 Å². The fourth-order valence-electron chi connectivity index (χ4n) is 2.08. The number of benzene rings is 1. The summed E-state index contributed by atoms with van der Waals surface area (Å²) in [5.74, 6) is 0. The summed E-state index contributed by atoms with van der Waals surface area (Å²) in [4.78, 5) is 0. The molecule has 0 radical (unpaired) electrons. The number of hydrogen-bond acceptors (Lipinski definition) is 3. The second-order valence-electron chi connectivity index (χ2n) is 4.52. The van der Waals surface area contributed by atoms with Crippen LogP contribution in [0.15, 0.2) is 24.3 Å². The smallest absolute Gasteiger partial charge is 0.0713 e. The molecule has 1 aromatic rings. The second-order valence-corrected chi connectivity index (χ2v) is 4.52. The zero-order valence-corrected chi connectivity index (χ0v) is 10.4. The fraction of sp³-hybridized carbons (Fsp3) is 0.571. The topological polar surface area (TPSA) is 30.5 Å². The molecule has 0 unspecified atom stereocenters. The molecule has 3 nitrogen and oxygen atoms in total. The Bertz CT molecular complexity index is 317. The number of nitrogens with one attached hydrogen (secondary N) is 1. The molecule has 1 fully saturated rings. The van der Waals surface area contributed by atoms with E-state index in [1.165, 1.54) is 11.1 Å². The predicted octanol–water partition coefficient (Wildman–Crippen LogP) is 2.10. The van der Waals surface area contributed by atoms with Gasteiger partial charge in [-0.25, -0.2) is 0 Å². The van der Waals surface area contributed by atoms with Gasteiger partial charge in [-0.2, -0.15) is 0 Å². The van der Waals surface area contributed by atoms with E-state index >= 15 is 0 Å².